The number of hydrogen-bond acceptors (Lipinski definition) is 2. The molecule has 0 aromatic rings. The van der Waals surface area contributed by atoms with Gasteiger partial charge in [-0.15, -0.1) is 0 Å². The predicted molar refractivity (Wildman–Crippen MR) is 66.9 cm³/mol. The van der Waals surface area contributed by atoms with Crippen LogP contribution in [-0.2, 0) is 9.47 Å². The third-order valence-corrected chi connectivity index (χ3v) is 2.15. The topological polar surface area (TPSA) is 18.5 Å². The molecule has 2 heterocycles. The third-order valence-electron chi connectivity index (χ3n) is 2.15. The van der Waals surface area contributed by atoms with Crippen molar-refractivity contribution in [2.24, 2.45) is 0 Å². The number of halogens is 3. The molecule has 0 aliphatic carbocycles. The Balaban J connectivity index is 0.000000217. The van der Waals surface area contributed by atoms with Crippen molar-refractivity contribution in [3.63, 3.8) is 0 Å². The van der Waals surface area contributed by atoms with Gasteiger partial charge in [-0.25, -0.2) is 0 Å². The van der Waals surface area contributed by atoms with E-state index in [2.05, 4.69) is 0 Å². The van der Waals surface area contributed by atoms with E-state index in [4.69, 9.17) is 27.1 Å². The van der Waals surface area contributed by atoms with Gasteiger partial charge in [-0.2, -0.15) is 0 Å². The molecule has 0 bridgehead atoms. The molecule has 16 heavy (non-hydrogen) atoms. The van der Waals surface area contributed by atoms with Gasteiger partial charge in [0.05, 0.1) is 0 Å². The quantitative estimate of drug-likeness (QED) is 0.567. The molecule has 0 atom stereocenters. The summed E-state index contributed by atoms with van der Waals surface area (Å²) >= 11 is -2.11. The van der Waals surface area contributed by atoms with Crippen LogP contribution in [0.25, 0.3) is 0 Å². The molecule has 0 radical (unpaired) electrons. The average Bonchev–Trinajstić information content (AvgIpc) is 2.34. The van der Waals surface area contributed by atoms with Gasteiger partial charge in [-0.3, -0.25) is 0 Å². The van der Waals surface area contributed by atoms with E-state index in [0.717, 1.165) is 26.4 Å². The summed E-state index contributed by atoms with van der Waals surface area (Å²) in [6.45, 7) is 4.00. The van der Waals surface area contributed by atoms with E-state index < -0.39 is 29.6 Å². The molecule has 0 aromatic carbocycles. The molecule has 2 aliphatic heterocycles. The van der Waals surface area contributed by atoms with Crippen LogP contribution in [0.1, 0.15) is 38.5 Å². The van der Waals surface area contributed by atoms with Crippen molar-refractivity contribution in [1.82, 2.24) is 0 Å². The van der Waals surface area contributed by atoms with E-state index >= 15 is 0 Å². The van der Waals surface area contributed by atoms with E-state index in [1.165, 1.54) is 38.5 Å². The fourth-order valence-electron chi connectivity index (χ4n) is 1.37. The van der Waals surface area contributed by atoms with Crippen molar-refractivity contribution in [3.05, 3.63) is 0 Å². The van der Waals surface area contributed by atoms with Gasteiger partial charge in [0.2, 0.25) is 0 Å². The van der Waals surface area contributed by atoms with E-state index in [0.29, 0.717) is 0 Å². The van der Waals surface area contributed by atoms with Gasteiger partial charge < -0.3 is 9.47 Å². The first-order valence-electron chi connectivity index (χ1n) is 5.62. The van der Waals surface area contributed by atoms with Crippen LogP contribution in [0.15, 0.2) is 0 Å². The number of hydrogen-bond donors (Lipinski definition) is 0. The zero-order valence-corrected chi connectivity index (χ0v) is 14.3. The van der Waals surface area contributed by atoms with Gasteiger partial charge in [0.25, 0.3) is 0 Å². The summed E-state index contributed by atoms with van der Waals surface area (Å²) in [6, 6.07) is 0. The zero-order valence-electron chi connectivity index (χ0n) is 9.43. The van der Waals surface area contributed by atoms with Crippen LogP contribution < -0.4 is 0 Å². The maximum absolute atomic E-state index is 5.07. The third kappa shape index (κ3) is 18.5. The van der Waals surface area contributed by atoms with Gasteiger partial charge in [0.1, 0.15) is 0 Å². The molecule has 0 N–H and O–H groups in total. The first-order chi connectivity index (χ1) is 7.73. The summed E-state index contributed by atoms with van der Waals surface area (Å²) in [5.74, 6) is 15.0. The van der Waals surface area contributed by atoms with Crippen molar-refractivity contribution in [2.45, 2.75) is 38.5 Å². The van der Waals surface area contributed by atoms with E-state index in [9.17, 15) is 0 Å². The molecule has 2 saturated heterocycles. The summed E-state index contributed by atoms with van der Waals surface area (Å²) in [4.78, 5) is 0. The van der Waals surface area contributed by atoms with E-state index in [-0.39, 0.29) is 0 Å². The van der Waals surface area contributed by atoms with Gasteiger partial charge in [-0.05, 0) is 38.5 Å². The molecule has 2 fully saturated rings. The standard InChI is InChI=1S/2C5H10O.3ClH.Sm/c2*1-2-4-6-5-3-1;;;;/h2*1-5H2;3*1H;/q;;;;;+3/p-3. The van der Waals surface area contributed by atoms with Gasteiger partial charge in [0, 0.05) is 26.4 Å². The summed E-state index contributed by atoms with van der Waals surface area (Å²) < 4.78 is 10.1. The van der Waals surface area contributed by atoms with Crippen LogP contribution in [0.5, 0.6) is 0 Å². The zero-order chi connectivity index (χ0) is 12.1. The Morgan fingerprint density at radius 1 is 0.562 bits per heavy atom. The fraction of sp³-hybridized carbons (Fsp3) is 1.00. The number of ether oxygens (including phenoxy) is 2. The van der Waals surface area contributed by atoms with Gasteiger partial charge in [-0.1, -0.05) is 0 Å². The van der Waals surface area contributed by atoms with Crippen LogP contribution in [0.2, 0.25) is 0 Å². The van der Waals surface area contributed by atoms with Crippen molar-refractivity contribution in [1.29, 1.82) is 0 Å². The summed E-state index contributed by atoms with van der Waals surface area (Å²) in [5.41, 5.74) is 0. The molecule has 6 heteroatoms. The Morgan fingerprint density at radius 2 is 0.812 bits per heavy atom. The van der Waals surface area contributed by atoms with Crippen molar-refractivity contribution in [3.8, 4) is 0 Å². The molecule has 2 rings (SSSR count). The maximum atomic E-state index is 5.07. The van der Waals surface area contributed by atoms with Crippen molar-refractivity contribution in [2.75, 3.05) is 26.4 Å². The van der Waals surface area contributed by atoms with Crippen LogP contribution in [-0.4, -0.2) is 26.4 Å². The fourth-order valence-corrected chi connectivity index (χ4v) is 1.37. The van der Waals surface area contributed by atoms with Gasteiger partial charge in [0.15, 0.2) is 0 Å². The summed E-state index contributed by atoms with van der Waals surface area (Å²) in [6.07, 6.45) is 7.86. The second kappa shape index (κ2) is 15.2. The van der Waals surface area contributed by atoms with Crippen LogP contribution in [0, 0.1) is 29.6 Å². The van der Waals surface area contributed by atoms with Crippen LogP contribution in [0.4, 0.5) is 0 Å². The molecule has 2 aliphatic rings. The SMILES string of the molecule is C1CCOCC1.C1CCOCC1.[Cl][Sm]([Cl])[Cl]. The minimum absolute atomic E-state index is 1.00. The van der Waals surface area contributed by atoms with E-state index in [1.54, 1.807) is 0 Å². The molecular weight excluding hydrogens is 409 g/mol. The molecule has 0 saturated carbocycles. The van der Waals surface area contributed by atoms with E-state index in [1.807, 2.05) is 0 Å². The van der Waals surface area contributed by atoms with Crippen LogP contribution in [0.3, 0.4) is 0 Å². The Bertz CT molecular complexity index is 93.5. The first-order valence-corrected chi connectivity index (χ1v) is 15.5. The Morgan fingerprint density at radius 3 is 0.875 bits per heavy atom. The minimum atomic E-state index is -2.11. The molecule has 0 amide bonds. The molecule has 0 aromatic heterocycles. The first kappa shape index (κ1) is 18.1. The summed E-state index contributed by atoms with van der Waals surface area (Å²) in [5, 5.41) is 0. The molecule has 99 valence electrons. The Kier molecular flexibility index (Phi) is 17.2. The molecule has 0 unspecified atom stereocenters. The second-order valence-corrected chi connectivity index (χ2v) is 15.0. The Labute approximate surface area is 120 Å². The summed E-state index contributed by atoms with van der Waals surface area (Å²) in [7, 11) is 0. The van der Waals surface area contributed by atoms with Gasteiger partial charge >= 0.3 is 47.2 Å². The molecule has 2 nitrogen and oxygen atoms in total. The monoisotopic (exact) mass is 429 g/mol. The molecular formula is C10H20Cl3O2Sm. The Hall–Kier alpha value is 2.13. The van der Waals surface area contributed by atoms with Crippen molar-refractivity contribution < 1.29 is 39.0 Å². The van der Waals surface area contributed by atoms with Crippen LogP contribution >= 0.6 is 17.7 Å². The van der Waals surface area contributed by atoms with Crippen molar-refractivity contribution >= 4 is 17.7 Å². The average molecular weight is 429 g/mol. The normalized spacial score (nSPS) is 20.2. The molecule has 0 spiro atoms. The number of rotatable bonds is 0. The predicted octanol–water partition coefficient (Wildman–Crippen LogP) is 4.44. The second-order valence-electron chi connectivity index (χ2n) is 3.52.